The average molecular weight is 448 g/mol. The molecule has 0 radical (unpaired) electrons. The minimum atomic E-state index is 0.252. The largest absolute Gasteiger partial charge is 0.355 e. The van der Waals surface area contributed by atoms with Gasteiger partial charge >= 0.3 is 0 Å². The fraction of sp³-hybridized carbons (Fsp3) is 0.556. The van der Waals surface area contributed by atoms with Gasteiger partial charge in [-0.2, -0.15) is 0 Å². The van der Waals surface area contributed by atoms with Gasteiger partial charge in [-0.25, -0.2) is 9.97 Å². The summed E-state index contributed by atoms with van der Waals surface area (Å²) in [5, 5.41) is 10.7. The maximum atomic E-state index is 4.64. The average Bonchev–Trinajstić information content (AvgIpc) is 3.35. The monoisotopic (exact) mass is 447 g/mol. The number of anilines is 2. The summed E-state index contributed by atoms with van der Waals surface area (Å²) >= 11 is 5.08. The van der Waals surface area contributed by atoms with Gasteiger partial charge in [0.2, 0.25) is 5.13 Å². The number of hydrogen-bond acceptors (Lipinski definition) is 7. The molecule has 7 nitrogen and oxygen atoms in total. The molecular formula is C18H22BrN7S. The predicted octanol–water partition coefficient (Wildman–Crippen LogP) is 3.70. The molecule has 1 N–H and O–H groups in total. The van der Waals surface area contributed by atoms with Crippen molar-refractivity contribution < 1.29 is 0 Å². The van der Waals surface area contributed by atoms with E-state index in [0.717, 1.165) is 64.4 Å². The van der Waals surface area contributed by atoms with Crippen LogP contribution < -0.4 is 9.80 Å². The maximum Gasteiger partial charge on any atom is 0.209 e. The topological polar surface area (TPSA) is 73.8 Å². The Balaban J connectivity index is 1.46. The van der Waals surface area contributed by atoms with Crippen molar-refractivity contribution in [1.82, 2.24) is 25.1 Å². The van der Waals surface area contributed by atoms with Gasteiger partial charge in [0.05, 0.1) is 5.39 Å². The summed E-state index contributed by atoms with van der Waals surface area (Å²) in [5.41, 5.74) is 1.17. The predicted molar refractivity (Wildman–Crippen MR) is 111 cm³/mol. The van der Waals surface area contributed by atoms with Gasteiger partial charge in [0, 0.05) is 37.8 Å². The van der Waals surface area contributed by atoms with Crippen molar-refractivity contribution in [2.24, 2.45) is 11.3 Å². The van der Waals surface area contributed by atoms with E-state index in [-0.39, 0.29) is 5.41 Å². The number of piperidine rings is 2. The van der Waals surface area contributed by atoms with Crippen LogP contribution in [0, 0.1) is 11.3 Å². The Morgan fingerprint density at radius 1 is 1.22 bits per heavy atom. The van der Waals surface area contributed by atoms with Crippen LogP contribution >= 0.6 is 27.3 Å². The lowest BCUT2D eigenvalue weighted by atomic mass is 9.65. The van der Waals surface area contributed by atoms with Crippen molar-refractivity contribution in [2.45, 2.75) is 26.2 Å². The molecule has 2 saturated heterocycles. The lowest BCUT2D eigenvalue weighted by Gasteiger charge is -2.53. The summed E-state index contributed by atoms with van der Waals surface area (Å²) in [6, 6.07) is 2.08. The number of fused-ring (bicyclic) bond motifs is 2. The van der Waals surface area contributed by atoms with Gasteiger partial charge in [-0.15, -0.1) is 10.2 Å². The molecule has 5 rings (SSSR count). The molecule has 0 aromatic carbocycles. The first-order valence-corrected chi connectivity index (χ1v) is 11.1. The number of nitrogens with zero attached hydrogens (tertiary/aromatic N) is 6. The Kier molecular flexibility index (Phi) is 4.31. The molecule has 2 fully saturated rings. The smallest absolute Gasteiger partial charge is 0.209 e. The van der Waals surface area contributed by atoms with Crippen molar-refractivity contribution in [3.8, 4) is 0 Å². The first-order valence-electron chi connectivity index (χ1n) is 9.45. The summed E-state index contributed by atoms with van der Waals surface area (Å²) in [6.07, 6.45) is 7.22. The van der Waals surface area contributed by atoms with Crippen LogP contribution in [0.15, 0.2) is 22.5 Å². The minimum absolute atomic E-state index is 0.252. The van der Waals surface area contributed by atoms with Gasteiger partial charge in [-0.05, 0) is 47.2 Å². The first kappa shape index (κ1) is 17.4. The Morgan fingerprint density at radius 2 is 2.04 bits per heavy atom. The van der Waals surface area contributed by atoms with E-state index in [2.05, 4.69) is 63.9 Å². The zero-order valence-electron chi connectivity index (χ0n) is 15.2. The van der Waals surface area contributed by atoms with E-state index >= 15 is 0 Å². The lowest BCUT2D eigenvalue weighted by molar-refractivity contribution is 0.0989. The van der Waals surface area contributed by atoms with E-state index in [4.69, 9.17) is 0 Å². The SMILES string of the molecule is CCC12CN(c3nnc(Br)s3)CCC1CCN(c1ncnc3[nH]ccc13)C2. The molecule has 3 aromatic rings. The van der Waals surface area contributed by atoms with Gasteiger partial charge < -0.3 is 14.8 Å². The van der Waals surface area contributed by atoms with Gasteiger partial charge in [0.1, 0.15) is 17.8 Å². The van der Waals surface area contributed by atoms with Crippen LogP contribution in [0.25, 0.3) is 11.0 Å². The molecule has 9 heteroatoms. The van der Waals surface area contributed by atoms with Crippen LogP contribution in [0.4, 0.5) is 10.9 Å². The molecule has 142 valence electrons. The fourth-order valence-electron chi connectivity index (χ4n) is 4.90. The number of aromatic nitrogens is 5. The van der Waals surface area contributed by atoms with E-state index in [0.29, 0.717) is 0 Å². The Morgan fingerprint density at radius 3 is 2.81 bits per heavy atom. The minimum Gasteiger partial charge on any atom is -0.355 e. The molecule has 5 heterocycles. The van der Waals surface area contributed by atoms with Crippen molar-refractivity contribution >= 4 is 49.2 Å². The zero-order chi connectivity index (χ0) is 18.4. The molecule has 2 unspecified atom stereocenters. The van der Waals surface area contributed by atoms with E-state index in [1.165, 1.54) is 12.8 Å². The number of H-pyrrole nitrogens is 1. The van der Waals surface area contributed by atoms with Crippen LogP contribution in [0.1, 0.15) is 26.2 Å². The molecule has 0 bridgehead atoms. The summed E-state index contributed by atoms with van der Waals surface area (Å²) in [7, 11) is 0. The third-order valence-corrected chi connectivity index (χ3v) is 7.79. The number of rotatable bonds is 3. The van der Waals surface area contributed by atoms with Gasteiger partial charge in [0.25, 0.3) is 0 Å². The molecular weight excluding hydrogens is 426 g/mol. The standard InChI is InChI=1S/C18H22BrN7S/c1-2-18-9-25(15-13-3-6-20-14(13)21-11-22-15)7-4-12(18)5-8-26(10-18)17-24-23-16(19)27-17/h3,6,11-12H,2,4-5,7-10H2,1H3,(H,20,21,22). The third-order valence-electron chi connectivity index (χ3n) is 6.37. The second-order valence-corrected chi connectivity index (χ2v) is 9.84. The van der Waals surface area contributed by atoms with Gasteiger partial charge in [-0.1, -0.05) is 18.3 Å². The lowest BCUT2D eigenvalue weighted by Crippen LogP contribution is -2.58. The van der Waals surface area contributed by atoms with Crippen LogP contribution in [0.5, 0.6) is 0 Å². The van der Waals surface area contributed by atoms with E-state index in [1.807, 2.05) is 6.20 Å². The van der Waals surface area contributed by atoms with Gasteiger partial charge in [0.15, 0.2) is 3.92 Å². The highest BCUT2D eigenvalue weighted by molar-refractivity contribution is 9.11. The fourth-order valence-corrected chi connectivity index (χ4v) is 6.01. The Bertz CT molecular complexity index is 956. The normalized spacial score (nSPS) is 25.8. The molecule has 0 spiro atoms. The van der Waals surface area contributed by atoms with E-state index in [1.54, 1.807) is 17.7 Å². The highest BCUT2D eigenvalue weighted by atomic mass is 79.9. The molecule has 0 saturated carbocycles. The number of hydrogen-bond donors (Lipinski definition) is 1. The second kappa shape index (κ2) is 6.70. The van der Waals surface area contributed by atoms with E-state index in [9.17, 15) is 0 Å². The quantitative estimate of drug-likeness (QED) is 0.659. The molecule has 0 amide bonds. The second-order valence-electron chi connectivity index (χ2n) is 7.61. The van der Waals surface area contributed by atoms with Crippen molar-refractivity contribution in [2.75, 3.05) is 36.0 Å². The van der Waals surface area contributed by atoms with E-state index < -0.39 is 0 Å². The first-order chi connectivity index (χ1) is 13.2. The van der Waals surface area contributed by atoms with Gasteiger partial charge in [-0.3, -0.25) is 0 Å². The Hall–Kier alpha value is -1.74. The summed E-state index contributed by atoms with van der Waals surface area (Å²) in [4.78, 5) is 17.1. The molecule has 27 heavy (non-hydrogen) atoms. The summed E-state index contributed by atoms with van der Waals surface area (Å²) in [5.74, 6) is 1.82. The van der Waals surface area contributed by atoms with Crippen molar-refractivity contribution in [1.29, 1.82) is 0 Å². The highest BCUT2D eigenvalue weighted by Gasteiger charge is 2.46. The molecule has 2 atom stereocenters. The number of nitrogens with one attached hydrogen (secondary N) is 1. The zero-order valence-corrected chi connectivity index (χ0v) is 17.6. The van der Waals surface area contributed by atoms with Crippen LogP contribution in [-0.4, -0.2) is 51.3 Å². The third kappa shape index (κ3) is 2.91. The number of halogens is 1. The molecule has 0 aliphatic carbocycles. The molecule has 3 aromatic heterocycles. The van der Waals surface area contributed by atoms with Crippen LogP contribution in [0.3, 0.4) is 0 Å². The van der Waals surface area contributed by atoms with Crippen molar-refractivity contribution in [3.05, 3.63) is 22.5 Å². The summed E-state index contributed by atoms with van der Waals surface area (Å²) < 4.78 is 0.853. The van der Waals surface area contributed by atoms with Crippen LogP contribution in [0.2, 0.25) is 0 Å². The molecule has 2 aliphatic rings. The molecule has 2 aliphatic heterocycles. The number of aromatic amines is 1. The maximum absolute atomic E-state index is 4.64. The van der Waals surface area contributed by atoms with Crippen molar-refractivity contribution in [3.63, 3.8) is 0 Å². The highest BCUT2D eigenvalue weighted by Crippen LogP contribution is 2.46. The summed E-state index contributed by atoms with van der Waals surface area (Å²) in [6.45, 7) is 6.54. The Labute approximate surface area is 170 Å². The van der Waals surface area contributed by atoms with Crippen LogP contribution in [-0.2, 0) is 0 Å².